The van der Waals surface area contributed by atoms with Gasteiger partial charge in [-0.05, 0) is 25.0 Å². The second-order valence-electron chi connectivity index (χ2n) is 4.04. The van der Waals surface area contributed by atoms with Crippen molar-refractivity contribution in [1.29, 1.82) is 0 Å². The van der Waals surface area contributed by atoms with E-state index in [2.05, 4.69) is 29.1 Å². The Kier molecular flexibility index (Phi) is 1.85. The summed E-state index contributed by atoms with van der Waals surface area (Å²) in [4.78, 5) is 6.58. The van der Waals surface area contributed by atoms with Gasteiger partial charge in [-0.15, -0.1) is 11.3 Å². The third-order valence-electron chi connectivity index (χ3n) is 2.99. The fourth-order valence-electron chi connectivity index (χ4n) is 1.91. The van der Waals surface area contributed by atoms with Crippen molar-refractivity contribution in [2.75, 3.05) is 17.7 Å². The first-order chi connectivity index (χ1) is 7.27. The van der Waals surface area contributed by atoms with Crippen molar-refractivity contribution >= 4 is 32.9 Å². The third kappa shape index (κ3) is 1.36. The lowest BCUT2D eigenvalue weighted by atomic mass is 10.2. The van der Waals surface area contributed by atoms with Gasteiger partial charge in [-0.25, -0.2) is 4.98 Å². The van der Waals surface area contributed by atoms with E-state index in [0.717, 1.165) is 16.9 Å². The van der Waals surface area contributed by atoms with Gasteiger partial charge in [0.05, 0.1) is 21.6 Å². The highest BCUT2D eigenvalue weighted by atomic mass is 32.1. The molecule has 2 aromatic rings. The molecule has 78 valence electrons. The molecule has 0 saturated heterocycles. The van der Waals surface area contributed by atoms with Crippen molar-refractivity contribution in [3.8, 4) is 0 Å². The molecule has 0 radical (unpaired) electrons. The highest BCUT2D eigenvalue weighted by Gasteiger charge is 2.27. The van der Waals surface area contributed by atoms with Crippen molar-refractivity contribution < 1.29 is 0 Å². The average Bonchev–Trinajstić information content (AvgIpc) is 2.97. The molecule has 15 heavy (non-hydrogen) atoms. The zero-order valence-electron chi connectivity index (χ0n) is 8.60. The van der Waals surface area contributed by atoms with Crippen LogP contribution in [0.15, 0.2) is 17.6 Å². The molecule has 3 nitrogen and oxygen atoms in total. The predicted molar refractivity (Wildman–Crippen MR) is 65.5 cm³/mol. The molecular formula is C11H13N3S. The predicted octanol–water partition coefficient (Wildman–Crippen LogP) is 2.48. The molecule has 1 heterocycles. The van der Waals surface area contributed by atoms with Crippen molar-refractivity contribution in [3.63, 3.8) is 0 Å². The molecule has 0 amide bonds. The topological polar surface area (TPSA) is 42.2 Å². The van der Waals surface area contributed by atoms with Crippen LogP contribution in [0.4, 0.5) is 11.4 Å². The number of anilines is 2. The monoisotopic (exact) mass is 219 g/mol. The lowest BCUT2D eigenvalue weighted by Crippen LogP contribution is -2.20. The van der Waals surface area contributed by atoms with Gasteiger partial charge in [0.2, 0.25) is 0 Å². The maximum atomic E-state index is 6.13. The SMILES string of the molecule is CN(c1ccc2scnc2c1N)C1CC1. The number of nitrogens with zero attached hydrogens (tertiary/aromatic N) is 2. The third-order valence-corrected chi connectivity index (χ3v) is 3.79. The lowest BCUT2D eigenvalue weighted by molar-refractivity contribution is 0.919. The van der Waals surface area contributed by atoms with E-state index in [0.29, 0.717) is 6.04 Å². The number of thiazole rings is 1. The Labute approximate surface area is 92.5 Å². The minimum atomic E-state index is 0.684. The maximum Gasteiger partial charge on any atom is 0.106 e. The molecule has 0 spiro atoms. The second kappa shape index (κ2) is 3.10. The Balaban J connectivity index is 2.13. The number of nitrogens with two attached hydrogens (primary N) is 1. The van der Waals surface area contributed by atoms with E-state index in [9.17, 15) is 0 Å². The molecular weight excluding hydrogens is 206 g/mol. The summed E-state index contributed by atoms with van der Waals surface area (Å²) in [6.45, 7) is 0. The summed E-state index contributed by atoms with van der Waals surface area (Å²) < 4.78 is 1.17. The van der Waals surface area contributed by atoms with Gasteiger partial charge in [-0.1, -0.05) is 0 Å². The van der Waals surface area contributed by atoms with Gasteiger partial charge in [-0.3, -0.25) is 0 Å². The van der Waals surface area contributed by atoms with Crippen molar-refractivity contribution in [2.24, 2.45) is 0 Å². The molecule has 1 aromatic carbocycles. The van der Waals surface area contributed by atoms with E-state index in [4.69, 9.17) is 5.73 Å². The smallest absolute Gasteiger partial charge is 0.106 e. The molecule has 4 heteroatoms. The zero-order chi connectivity index (χ0) is 10.4. The number of fused-ring (bicyclic) bond motifs is 1. The fourth-order valence-corrected chi connectivity index (χ4v) is 2.60. The van der Waals surface area contributed by atoms with E-state index in [-0.39, 0.29) is 0 Å². The Hall–Kier alpha value is -1.29. The largest absolute Gasteiger partial charge is 0.395 e. The molecule has 3 rings (SSSR count). The summed E-state index contributed by atoms with van der Waals surface area (Å²) in [5.74, 6) is 0. The van der Waals surface area contributed by atoms with Crippen LogP contribution >= 0.6 is 11.3 Å². The molecule has 1 aromatic heterocycles. The Morgan fingerprint density at radius 2 is 2.27 bits per heavy atom. The summed E-state index contributed by atoms with van der Waals surface area (Å²) in [5, 5.41) is 0. The maximum absolute atomic E-state index is 6.13. The molecule has 0 unspecified atom stereocenters. The number of hydrogen-bond acceptors (Lipinski definition) is 4. The van der Waals surface area contributed by atoms with Gasteiger partial charge in [0.25, 0.3) is 0 Å². The molecule has 0 aliphatic heterocycles. The summed E-state index contributed by atoms with van der Waals surface area (Å²) in [6.07, 6.45) is 2.57. The minimum Gasteiger partial charge on any atom is -0.395 e. The minimum absolute atomic E-state index is 0.684. The summed E-state index contributed by atoms with van der Waals surface area (Å²) in [6, 6.07) is 4.90. The molecule has 0 atom stereocenters. The fraction of sp³-hybridized carbons (Fsp3) is 0.364. The van der Waals surface area contributed by atoms with Crippen LogP contribution in [0.5, 0.6) is 0 Å². The van der Waals surface area contributed by atoms with Gasteiger partial charge in [-0.2, -0.15) is 0 Å². The highest BCUT2D eigenvalue weighted by molar-refractivity contribution is 7.16. The molecule has 2 N–H and O–H groups in total. The highest BCUT2D eigenvalue weighted by Crippen LogP contribution is 2.37. The van der Waals surface area contributed by atoms with Crippen LogP contribution in [0.1, 0.15) is 12.8 Å². The molecule has 1 aliphatic rings. The molecule has 0 bridgehead atoms. The van der Waals surface area contributed by atoms with Gasteiger partial charge >= 0.3 is 0 Å². The summed E-state index contributed by atoms with van der Waals surface area (Å²) >= 11 is 1.64. The number of hydrogen-bond donors (Lipinski definition) is 1. The first kappa shape index (κ1) is 8.97. The Bertz CT molecular complexity index is 502. The molecule has 1 fully saturated rings. The second-order valence-corrected chi connectivity index (χ2v) is 4.93. The van der Waals surface area contributed by atoms with Gasteiger partial charge in [0.15, 0.2) is 0 Å². The van der Waals surface area contributed by atoms with Crippen LogP contribution in [-0.4, -0.2) is 18.1 Å². The number of rotatable bonds is 2. The standard InChI is InChI=1S/C11H13N3S/c1-14(7-2-3-7)8-4-5-9-11(10(8)12)13-6-15-9/h4-7H,2-3,12H2,1H3. The van der Waals surface area contributed by atoms with E-state index < -0.39 is 0 Å². The van der Waals surface area contributed by atoms with Crippen molar-refractivity contribution in [1.82, 2.24) is 4.98 Å². The lowest BCUT2D eigenvalue weighted by Gasteiger charge is -2.20. The Morgan fingerprint density at radius 1 is 1.47 bits per heavy atom. The van der Waals surface area contributed by atoms with Crippen LogP contribution in [0.25, 0.3) is 10.2 Å². The van der Waals surface area contributed by atoms with Crippen molar-refractivity contribution in [3.05, 3.63) is 17.6 Å². The summed E-state index contributed by atoms with van der Waals surface area (Å²) in [5.41, 5.74) is 10.9. The van der Waals surface area contributed by atoms with E-state index in [1.165, 1.54) is 17.5 Å². The Morgan fingerprint density at radius 3 is 3.00 bits per heavy atom. The van der Waals surface area contributed by atoms with E-state index in [1.54, 1.807) is 11.3 Å². The normalized spacial score (nSPS) is 15.8. The molecule has 1 aliphatic carbocycles. The van der Waals surface area contributed by atoms with Gasteiger partial charge in [0.1, 0.15) is 5.52 Å². The van der Waals surface area contributed by atoms with E-state index >= 15 is 0 Å². The van der Waals surface area contributed by atoms with Crippen molar-refractivity contribution in [2.45, 2.75) is 18.9 Å². The zero-order valence-corrected chi connectivity index (χ0v) is 9.42. The van der Waals surface area contributed by atoms with Gasteiger partial charge in [0, 0.05) is 13.1 Å². The average molecular weight is 219 g/mol. The van der Waals surface area contributed by atoms with Crippen LogP contribution in [0.2, 0.25) is 0 Å². The van der Waals surface area contributed by atoms with Crippen LogP contribution in [-0.2, 0) is 0 Å². The quantitative estimate of drug-likeness (QED) is 0.789. The molecule has 1 saturated carbocycles. The number of nitrogen functional groups attached to an aromatic ring is 1. The first-order valence-electron chi connectivity index (χ1n) is 5.12. The van der Waals surface area contributed by atoms with Crippen LogP contribution in [0.3, 0.4) is 0 Å². The van der Waals surface area contributed by atoms with Crippen LogP contribution in [0, 0.1) is 0 Å². The summed E-state index contributed by atoms with van der Waals surface area (Å²) in [7, 11) is 2.11. The number of benzene rings is 1. The first-order valence-corrected chi connectivity index (χ1v) is 6.00. The van der Waals surface area contributed by atoms with Crippen LogP contribution < -0.4 is 10.6 Å². The van der Waals surface area contributed by atoms with E-state index in [1.807, 2.05) is 5.51 Å². The van der Waals surface area contributed by atoms with Gasteiger partial charge < -0.3 is 10.6 Å². The number of aromatic nitrogens is 1.